The minimum Gasteiger partial charge on any atom is -0.443 e. The van der Waals surface area contributed by atoms with Crippen LogP contribution in [0.15, 0.2) is 41.3 Å². The summed E-state index contributed by atoms with van der Waals surface area (Å²) in [5.41, 5.74) is -9.94. The van der Waals surface area contributed by atoms with Crippen LogP contribution in [0.1, 0.15) is 57.0 Å². The summed E-state index contributed by atoms with van der Waals surface area (Å²) in [4.78, 5) is 45.1. The highest BCUT2D eigenvalue weighted by Gasteiger charge is 2.75. The maximum Gasteiger partial charge on any atom is 0.437 e. The monoisotopic (exact) mass is 723 g/mol. The van der Waals surface area contributed by atoms with Gasteiger partial charge in [-0.2, -0.15) is 26.3 Å². The van der Waals surface area contributed by atoms with Crippen LogP contribution in [0.3, 0.4) is 0 Å². The number of hydrogen-bond acceptors (Lipinski definition) is 7. The molecule has 49 heavy (non-hydrogen) atoms. The predicted octanol–water partition coefficient (Wildman–Crippen LogP) is 5.51. The summed E-state index contributed by atoms with van der Waals surface area (Å²) < 4.78 is 143. The number of pyridine rings is 1. The highest BCUT2D eigenvalue weighted by atomic mass is 32.2. The number of aryl methyl sites for hydroxylation is 1. The lowest BCUT2D eigenvalue weighted by molar-refractivity contribution is -0.350. The van der Waals surface area contributed by atoms with Crippen molar-refractivity contribution in [3.05, 3.63) is 59.2 Å². The number of rotatable bonds is 4. The number of hydrogen-bond donors (Lipinski definition) is 0. The number of aromatic nitrogens is 1. The molecule has 4 aliphatic rings. The Morgan fingerprint density at radius 3 is 2.24 bits per heavy atom. The van der Waals surface area contributed by atoms with Crippen molar-refractivity contribution >= 4 is 27.7 Å². The summed E-state index contributed by atoms with van der Waals surface area (Å²) in [6, 6.07) is 1.76. The minimum atomic E-state index is -6.48. The van der Waals surface area contributed by atoms with Crippen LogP contribution >= 0.6 is 0 Å². The molecule has 3 amide bonds. The molecular weight excluding hydrogens is 694 g/mol. The van der Waals surface area contributed by atoms with Gasteiger partial charge in [0.05, 0.1) is 16.6 Å². The van der Waals surface area contributed by atoms with Gasteiger partial charge in [0, 0.05) is 24.1 Å². The summed E-state index contributed by atoms with van der Waals surface area (Å²) in [5.74, 6) is -3.67. The maximum atomic E-state index is 15.0. The van der Waals surface area contributed by atoms with Gasteiger partial charge in [-0.15, -0.1) is 0 Å². The number of ether oxygens (including phenoxy) is 1. The molecule has 3 heterocycles. The normalized spacial score (nSPS) is 27.0. The summed E-state index contributed by atoms with van der Waals surface area (Å²) in [7, 11) is -4.84. The average molecular weight is 724 g/mol. The zero-order valence-electron chi connectivity index (χ0n) is 26.0. The molecule has 0 N–H and O–H groups in total. The number of imide groups is 1. The molecule has 2 saturated heterocycles. The van der Waals surface area contributed by atoms with Crippen molar-refractivity contribution in [2.75, 3.05) is 6.54 Å². The van der Waals surface area contributed by atoms with E-state index in [1.54, 1.807) is 20.8 Å². The van der Waals surface area contributed by atoms with Crippen molar-refractivity contribution in [3.8, 4) is 0 Å². The van der Waals surface area contributed by atoms with Gasteiger partial charge in [-0.3, -0.25) is 14.6 Å². The lowest BCUT2D eigenvalue weighted by Crippen LogP contribution is -2.57. The molecule has 0 unspecified atom stereocenters. The Bertz CT molecular complexity index is 1850. The van der Waals surface area contributed by atoms with Crippen molar-refractivity contribution < 1.29 is 62.7 Å². The van der Waals surface area contributed by atoms with Crippen molar-refractivity contribution in [2.45, 2.75) is 91.8 Å². The lowest BCUT2D eigenvalue weighted by atomic mass is 9.80. The number of nitrogens with zero attached hydrogens (tertiary/aromatic N) is 3. The maximum absolute atomic E-state index is 15.0. The Hall–Kier alpha value is -3.83. The van der Waals surface area contributed by atoms with E-state index in [-0.39, 0.29) is 31.0 Å². The third-order valence-electron chi connectivity index (χ3n) is 9.65. The van der Waals surface area contributed by atoms with E-state index in [1.807, 2.05) is 0 Å². The first-order valence-electron chi connectivity index (χ1n) is 15.2. The second kappa shape index (κ2) is 10.8. The fraction of sp³-hybridized carbons (Fsp3) is 0.548. The molecule has 1 aromatic carbocycles. The van der Waals surface area contributed by atoms with Gasteiger partial charge in [0.15, 0.2) is 9.84 Å². The van der Waals surface area contributed by atoms with Gasteiger partial charge < -0.3 is 9.64 Å². The molecule has 1 aromatic heterocycles. The van der Waals surface area contributed by atoms with Gasteiger partial charge in [0.1, 0.15) is 22.2 Å². The van der Waals surface area contributed by atoms with Crippen molar-refractivity contribution in [1.82, 2.24) is 14.8 Å². The molecular formula is C31H29F8N3O6S. The lowest BCUT2D eigenvalue weighted by Gasteiger charge is -2.43. The van der Waals surface area contributed by atoms with Crippen LogP contribution in [-0.4, -0.2) is 77.7 Å². The van der Waals surface area contributed by atoms with E-state index in [0.29, 0.717) is 17.0 Å². The van der Waals surface area contributed by atoms with Gasteiger partial charge in [0.2, 0.25) is 11.8 Å². The first kappa shape index (κ1) is 35.0. The smallest absolute Gasteiger partial charge is 0.437 e. The summed E-state index contributed by atoms with van der Waals surface area (Å²) >= 11 is 0. The Morgan fingerprint density at radius 2 is 1.65 bits per heavy atom. The fourth-order valence-electron chi connectivity index (χ4n) is 7.46. The fourth-order valence-corrected chi connectivity index (χ4v) is 9.84. The number of likely N-dealkylation sites (tertiary alicyclic amines) is 2. The van der Waals surface area contributed by atoms with E-state index in [2.05, 4.69) is 4.98 Å². The van der Waals surface area contributed by atoms with Crippen LogP contribution in [0, 0.1) is 17.7 Å². The molecule has 2 aromatic rings. The van der Waals surface area contributed by atoms with Gasteiger partial charge in [-0.25, -0.2) is 26.9 Å². The zero-order chi connectivity index (χ0) is 36.3. The van der Waals surface area contributed by atoms with E-state index in [0.717, 1.165) is 23.1 Å². The molecule has 2 aliphatic heterocycles. The van der Waals surface area contributed by atoms with Crippen molar-refractivity contribution in [1.29, 1.82) is 0 Å². The van der Waals surface area contributed by atoms with Gasteiger partial charge in [-0.1, -0.05) is 12.1 Å². The average Bonchev–Trinajstić information content (AvgIpc) is 3.57. The molecule has 1 saturated carbocycles. The molecule has 0 bridgehead atoms. The zero-order valence-corrected chi connectivity index (χ0v) is 26.8. The number of halogens is 8. The SMILES string of the molecule is CC(C)(C)OC(=O)N1C(=O)[C@@H]2C[C@@H]2[C@H]1C(=O)N1CC[C@@]2(S(=O)(=O)c3cccc(F)c3)c3ccc(C(F)(C(F)(F)F)C(F)(F)F)nc3CC[C@@H]12. The number of fused-ring (bicyclic) bond motifs is 4. The molecule has 2 aliphatic carbocycles. The number of carbonyl (C=O) groups is 3. The number of amides is 3. The molecule has 18 heteroatoms. The molecule has 0 spiro atoms. The van der Waals surface area contributed by atoms with Gasteiger partial charge >= 0.3 is 24.1 Å². The predicted molar refractivity (Wildman–Crippen MR) is 151 cm³/mol. The molecule has 266 valence electrons. The Morgan fingerprint density at radius 1 is 1.00 bits per heavy atom. The summed E-state index contributed by atoms with van der Waals surface area (Å²) in [6.45, 7) is 4.29. The summed E-state index contributed by atoms with van der Waals surface area (Å²) in [5, 5.41) is 0. The van der Waals surface area contributed by atoms with Crippen LogP contribution in [0.5, 0.6) is 0 Å². The second-order valence-corrected chi connectivity index (χ2v) is 15.9. The van der Waals surface area contributed by atoms with E-state index < -0.39 is 115 Å². The first-order valence-corrected chi connectivity index (χ1v) is 16.7. The quantitative estimate of drug-likeness (QED) is 0.383. The number of carbonyl (C=O) groups excluding carboxylic acids is 3. The molecule has 3 fully saturated rings. The standard InChI is InChI=1S/C31H29F8N3O6S/c1-27(2,3)48-26(45)42-23(17-14-18(17)24(42)43)25(44)41-12-11-28(49(46,47)16-6-4-5-15(32)13-16)19-7-9-21(40-20(19)8-10-22(28)41)29(33,30(34,35)36)31(37,38)39/h4-7,9,13,17-18,22-23H,8,10-12,14H2,1-3H3/t17-,18+,22+,23-,28+/m0/s1. The van der Waals surface area contributed by atoms with E-state index in [4.69, 9.17) is 4.74 Å². The van der Waals surface area contributed by atoms with E-state index >= 15 is 4.39 Å². The molecule has 0 radical (unpaired) electrons. The van der Waals surface area contributed by atoms with E-state index in [9.17, 15) is 53.5 Å². The highest BCUT2D eigenvalue weighted by Crippen LogP contribution is 2.57. The third-order valence-corrected chi connectivity index (χ3v) is 12.2. The molecule has 9 nitrogen and oxygen atoms in total. The van der Waals surface area contributed by atoms with Crippen LogP contribution in [0.2, 0.25) is 0 Å². The Kier molecular flexibility index (Phi) is 7.74. The molecule has 5 atom stereocenters. The van der Waals surface area contributed by atoms with Crippen LogP contribution in [0.25, 0.3) is 0 Å². The number of alkyl halides is 7. The Labute approximate surface area is 274 Å². The van der Waals surface area contributed by atoms with Crippen LogP contribution in [-0.2, 0) is 41.0 Å². The minimum absolute atomic E-state index is 0.115. The van der Waals surface area contributed by atoms with Crippen molar-refractivity contribution in [3.63, 3.8) is 0 Å². The number of piperidine rings is 1. The van der Waals surface area contributed by atoms with E-state index in [1.165, 1.54) is 0 Å². The second-order valence-electron chi connectivity index (χ2n) is 13.7. The Balaban J connectivity index is 1.47. The van der Waals surface area contributed by atoms with Crippen molar-refractivity contribution in [2.24, 2.45) is 11.8 Å². The van der Waals surface area contributed by atoms with Crippen LogP contribution < -0.4 is 0 Å². The molecule has 6 rings (SSSR count). The van der Waals surface area contributed by atoms with Gasteiger partial charge in [-0.05, 0) is 76.3 Å². The first-order chi connectivity index (χ1) is 22.5. The third kappa shape index (κ3) is 5.09. The number of benzene rings is 1. The topological polar surface area (TPSA) is 114 Å². The summed E-state index contributed by atoms with van der Waals surface area (Å²) in [6.07, 6.45) is -15.1. The highest BCUT2D eigenvalue weighted by molar-refractivity contribution is 7.92. The van der Waals surface area contributed by atoms with Gasteiger partial charge in [0.25, 0.3) is 0 Å². The number of sulfone groups is 1. The largest absolute Gasteiger partial charge is 0.443 e. The van der Waals surface area contributed by atoms with Crippen LogP contribution in [0.4, 0.5) is 39.9 Å².